The first-order chi connectivity index (χ1) is 11.6. The van der Waals surface area contributed by atoms with Gasteiger partial charge in [0.05, 0.1) is 6.20 Å². The van der Waals surface area contributed by atoms with E-state index in [9.17, 15) is 9.59 Å². The Bertz CT molecular complexity index is 872. The van der Waals surface area contributed by atoms with Crippen LogP contribution in [0.2, 0.25) is 0 Å². The molecule has 0 saturated carbocycles. The van der Waals surface area contributed by atoms with Crippen molar-refractivity contribution < 1.29 is 14.3 Å². The van der Waals surface area contributed by atoms with Gasteiger partial charge in [-0.1, -0.05) is 0 Å². The lowest BCUT2D eigenvalue weighted by atomic mass is 10.1. The number of carbonyl (C=O) groups excluding carboxylic acids is 2. The topological polar surface area (TPSA) is 87.0 Å². The maximum absolute atomic E-state index is 12.4. The zero-order chi connectivity index (χ0) is 17.1. The predicted molar refractivity (Wildman–Crippen MR) is 87.6 cm³/mol. The fourth-order valence-corrected chi connectivity index (χ4v) is 3.10. The summed E-state index contributed by atoms with van der Waals surface area (Å²) in [7, 11) is 0. The van der Waals surface area contributed by atoms with Gasteiger partial charge in [-0.05, 0) is 19.9 Å². The summed E-state index contributed by atoms with van der Waals surface area (Å²) in [6.07, 6.45) is 5.85. The Kier molecular flexibility index (Phi) is 4.48. The van der Waals surface area contributed by atoms with Gasteiger partial charge in [-0.3, -0.25) is 14.3 Å². The number of hydrogen-bond acceptors (Lipinski definition) is 7. The molecule has 7 nitrogen and oxygen atoms in total. The second kappa shape index (κ2) is 6.71. The largest absolute Gasteiger partial charge is 0.453 e. The first kappa shape index (κ1) is 16.0. The third-order valence-electron chi connectivity index (χ3n) is 3.45. The molecule has 0 spiro atoms. The maximum atomic E-state index is 12.4. The number of ether oxygens (including phenoxy) is 1. The van der Waals surface area contributed by atoms with E-state index in [2.05, 4.69) is 15.0 Å². The summed E-state index contributed by atoms with van der Waals surface area (Å²) in [5, 5.41) is 2.67. The van der Waals surface area contributed by atoms with Crippen LogP contribution in [0.4, 0.5) is 0 Å². The molecule has 122 valence electrons. The van der Waals surface area contributed by atoms with E-state index in [4.69, 9.17) is 4.74 Å². The van der Waals surface area contributed by atoms with Crippen molar-refractivity contribution in [3.63, 3.8) is 0 Å². The molecular formula is C16H14N4O3S. The van der Waals surface area contributed by atoms with Crippen LogP contribution in [-0.4, -0.2) is 37.9 Å². The van der Waals surface area contributed by atoms with E-state index in [0.29, 0.717) is 5.56 Å². The van der Waals surface area contributed by atoms with Crippen LogP contribution < -0.4 is 0 Å². The summed E-state index contributed by atoms with van der Waals surface area (Å²) in [5.74, 6) is -0.951. The molecule has 3 aromatic heterocycles. The van der Waals surface area contributed by atoms with E-state index in [0.717, 1.165) is 16.5 Å². The van der Waals surface area contributed by atoms with Crippen molar-refractivity contribution in [3.8, 4) is 5.13 Å². The van der Waals surface area contributed by atoms with Crippen molar-refractivity contribution in [2.75, 3.05) is 6.61 Å². The smallest absolute Gasteiger partial charge is 0.358 e. The molecule has 24 heavy (non-hydrogen) atoms. The molecule has 0 amide bonds. The fourth-order valence-electron chi connectivity index (χ4n) is 2.35. The van der Waals surface area contributed by atoms with Crippen molar-refractivity contribution in [1.29, 1.82) is 0 Å². The molecule has 0 unspecified atom stereocenters. The molecule has 3 aromatic rings. The lowest BCUT2D eigenvalue weighted by Gasteiger charge is -2.06. The molecule has 0 bridgehead atoms. The van der Waals surface area contributed by atoms with Gasteiger partial charge in [0.25, 0.3) is 0 Å². The first-order valence-corrected chi connectivity index (χ1v) is 8.01. The van der Waals surface area contributed by atoms with Crippen LogP contribution in [0.5, 0.6) is 0 Å². The highest BCUT2D eigenvalue weighted by Gasteiger charge is 2.19. The summed E-state index contributed by atoms with van der Waals surface area (Å²) in [4.78, 5) is 36.1. The summed E-state index contributed by atoms with van der Waals surface area (Å²) in [6.45, 7) is 3.39. The highest BCUT2D eigenvalue weighted by atomic mass is 32.1. The minimum absolute atomic E-state index is 0.0681. The van der Waals surface area contributed by atoms with Crippen LogP contribution in [0.3, 0.4) is 0 Å². The average molecular weight is 342 g/mol. The van der Waals surface area contributed by atoms with Gasteiger partial charge in [-0.15, -0.1) is 11.3 Å². The zero-order valence-corrected chi connectivity index (χ0v) is 13.9. The highest BCUT2D eigenvalue weighted by molar-refractivity contribution is 7.12. The van der Waals surface area contributed by atoms with Gasteiger partial charge in [-0.2, -0.15) is 0 Å². The van der Waals surface area contributed by atoms with E-state index in [1.807, 2.05) is 23.8 Å². The minimum Gasteiger partial charge on any atom is -0.453 e. The Hall–Kier alpha value is -2.87. The fraction of sp³-hybridized carbons (Fsp3) is 0.188. The molecule has 0 aliphatic carbocycles. The molecule has 0 aromatic carbocycles. The van der Waals surface area contributed by atoms with E-state index in [1.54, 1.807) is 12.3 Å². The number of Topliss-reactive ketones (excluding diaryl/α,β-unsaturated/α-hetero) is 1. The van der Waals surface area contributed by atoms with Crippen molar-refractivity contribution >= 4 is 23.1 Å². The quantitative estimate of drug-likeness (QED) is 0.523. The number of esters is 1. The van der Waals surface area contributed by atoms with Crippen LogP contribution in [-0.2, 0) is 4.74 Å². The molecule has 3 rings (SSSR count). The number of hydrogen-bond donors (Lipinski definition) is 0. The molecular weight excluding hydrogens is 328 g/mol. The molecule has 0 fully saturated rings. The monoisotopic (exact) mass is 342 g/mol. The highest BCUT2D eigenvalue weighted by Crippen LogP contribution is 2.22. The number of aromatic nitrogens is 4. The molecule has 0 N–H and O–H groups in total. The van der Waals surface area contributed by atoms with Gasteiger partial charge >= 0.3 is 5.97 Å². The number of thiazole rings is 1. The molecule has 0 atom stereocenters. The lowest BCUT2D eigenvalue weighted by Crippen LogP contribution is -2.16. The second-order valence-corrected chi connectivity index (χ2v) is 5.90. The SMILES string of the molecule is Cc1cc(C(=O)COC(=O)c2cnccn2)c(C)n1-c1nccs1. The van der Waals surface area contributed by atoms with Crippen LogP contribution >= 0.6 is 11.3 Å². The Labute approximate surface area is 142 Å². The van der Waals surface area contributed by atoms with Crippen LogP contribution in [0.15, 0.2) is 36.2 Å². The number of nitrogens with zero attached hydrogens (tertiary/aromatic N) is 4. The zero-order valence-electron chi connectivity index (χ0n) is 13.1. The van der Waals surface area contributed by atoms with Crippen molar-refractivity contribution in [3.05, 3.63) is 58.9 Å². The maximum Gasteiger partial charge on any atom is 0.358 e. The Balaban J connectivity index is 1.74. The van der Waals surface area contributed by atoms with Crippen LogP contribution in [0.25, 0.3) is 5.13 Å². The number of ketones is 1. The van der Waals surface area contributed by atoms with Crippen LogP contribution in [0.1, 0.15) is 32.2 Å². The third kappa shape index (κ3) is 3.09. The molecule has 3 heterocycles. The van der Waals surface area contributed by atoms with Gasteiger partial charge in [0, 0.05) is 40.9 Å². The first-order valence-electron chi connectivity index (χ1n) is 7.13. The Morgan fingerprint density at radius 1 is 1.21 bits per heavy atom. The standard InChI is InChI=1S/C16H14N4O3S/c1-10-7-12(11(2)20(10)16-19-5-6-24-16)14(21)9-23-15(22)13-8-17-3-4-18-13/h3-8H,9H2,1-2H3. The van der Waals surface area contributed by atoms with Gasteiger partial charge in [0.2, 0.25) is 5.78 Å². The van der Waals surface area contributed by atoms with Crippen LogP contribution in [0, 0.1) is 13.8 Å². The van der Waals surface area contributed by atoms with Gasteiger partial charge < -0.3 is 4.74 Å². The molecule has 0 aliphatic rings. The molecule has 0 radical (unpaired) electrons. The number of rotatable bonds is 5. The minimum atomic E-state index is -0.676. The van der Waals surface area contributed by atoms with Crippen molar-refractivity contribution in [2.45, 2.75) is 13.8 Å². The van der Waals surface area contributed by atoms with Gasteiger partial charge in [0.15, 0.2) is 17.4 Å². The van der Waals surface area contributed by atoms with E-state index in [-0.39, 0.29) is 18.1 Å². The number of carbonyl (C=O) groups is 2. The third-order valence-corrected chi connectivity index (χ3v) is 4.21. The van der Waals surface area contributed by atoms with Crippen molar-refractivity contribution in [1.82, 2.24) is 19.5 Å². The number of aryl methyl sites for hydroxylation is 1. The Morgan fingerprint density at radius 3 is 2.71 bits per heavy atom. The summed E-state index contributed by atoms with van der Waals surface area (Å²) < 4.78 is 6.93. The van der Waals surface area contributed by atoms with Gasteiger partial charge in [0.1, 0.15) is 0 Å². The molecule has 0 aliphatic heterocycles. The lowest BCUT2D eigenvalue weighted by molar-refractivity contribution is 0.0468. The second-order valence-electron chi connectivity index (χ2n) is 5.02. The summed E-state index contributed by atoms with van der Waals surface area (Å²) >= 11 is 1.48. The molecule has 8 heteroatoms. The van der Waals surface area contributed by atoms with E-state index < -0.39 is 5.97 Å². The summed E-state index contributed by atoms with van der Waals surface area (Å²) in [5.41, 5.74) is 2.24. The van der Waals surface area contributed by atoms with E-state index >= 15 is 0 Å². The van der Waals surface area contributed by atoms with Crippen molar-refractivity contribution in [2.24, 2.45) is 0 Å². The normalized spacial score (nSPS) is 10.6. The predicted octanol–water partition coefficient (Wildman–Crippen LogP) is 2.38. The Morgan fingerprint density at radius 2 is 2.04 bits per heavy atom. The van der Waals surface area contributed by atoms with E-state index in [1.165, 1.54) is 29.9 Å². The molecule has 0 saturated heterocycles. The average Bonchev–Trinajstić information content (AvgIpc) is 3.21. The van der Waals surface area contributed by atoms with Gasteiger partial charge in [-0.25, -0.2) is 14.8 Å². The summed E-state index contributed by atoms with van der Waals surface area (Å²) in [6, 6.07) is 1.77.